The van der Waals surface area contributed by atoms with Gasteiger partial charge in [0.25, 0.3) is 5.91 Å². The van der Waals surface area contributed by atoms with Crippen molar-refractivity contribution in [2.45, 2.75) is 19.4 Å². The maximum absolute atomic E-state index is 12.5. The summed E-state index contributed by atoms with van der Waals surface area (Å²) >= 11 is 3.40. The number of esters is 1. The maximum Gasteiger partial charge on any atom is 0.342 e. The number of hydrogen-bond donors (Lipinski definition) is 0. The largest absolute Gasteiger partial charge is 0.488 e. The molecular weight excluding hydrogens is 450 g/mol. The smallest absolute Gasteiger partial charge is 0.342 e. The van der Waals surface area contributed by atoms with Crippen LogP contribution in [-0.4, -0.2) is 36.5 Å². The van der Waals surface area contributed by atoms with Gasteiger partial charge in [-0.3, -0.25) is 4.79 Å². The Morgan fingerprint density at radius 1 is 1.00 bits per heavy atom. The lowest BCUT2D eigenvalue weighted by Crippen LogP contribution is -2.36. The summed E-state index contributed by atoms with van der Waals surface area (Å²) in [4.78, 5) is 26.2. The van der Waals surface area contributed by atoms with Gasteiger partial charge >= 0.3 is 5.97 Å². The van der Waals surface area contributed by atoms with Crippen LogP contribution in [0.5, 0.6) is 5.75 Å². The first-order valence-corrected chi connectivity index (χ1v) is 9.99. The van der Waals surface area contributed by atoms with Gasteiger partial charge < -0.3 is 14.4 Å². The van der Waals surface area contributed by atoms with Gasteiger partial charge in [-0.2, -0.15) is 10.5 Å². The molecule has 8 heteroatoms. The first-order valence-electron chi connectivity index (χ1n) is 9.20. The lowest BCUT2D eigenvalue weighted by Gasteiger charge is -2.20. The highest BCUT2D eigenvalue weighted by Crippen LogP contribution is 2.21. The van der Waals surface area contributed by atoms with Crippen LogP contribution in [0.25, 0.3) is 0 Å². The second kappa shape index (κ2) is 12.3. The molecule has 7 nitrogen and oxygen atoms in total. The fourth-order valence-corrected chi connectivity index (χ4v) is 3.02. The Labute approximate surface area is 183 Å². The predicted octanol–water partition coefficient (Wildman–Crippen LogP) is 3.84. The third-order valence-electron chi connectivity index (χ3n) is 4.06. The van der Waals surface area contributed by atoms with E-state index < -0.39 is 18.5 Å². The molecule has 0 heterocycles. The summed E-state index contributed by atoms with van der Waals surface area (Å²) in [6.07, 6.45) is 0.273. The van der Waals surface area contributed by atoms with E-state index >= 15 is 0 Å². The molecule has 0 aliphatic heterocycles. The Kier molecular flexibility index (Phi) is 9.36. The quantitative estimate of drug-likeness (QED) is 0.489. The van der Waals surface area contributed by atoms with Crippen molar-refractivity contribution in [3.63, 3.8) is 0 Å². The third-order valence-corrected chi connectivity index (χ3v) is 4.55. The SMILES string of the molecule is N#CCCN(CCC#N)C(=O)COC(=O)c1ccccc1OCc1cccc(Br)c1. The van der Waals surface area contributed by atoms with Gasteiger partial charge in [0.15, 0.2) is 6.61 Å². The van der Waals surface area contributed by atoms with Crippen molar-refractivity contribution in [1.29, 1.82) is 10.5 Å². The summed E-state index contributed by atoms with van der Waals surface area (Å²) < 4.78 is 11.9. The molecular formula is C22H20BrN3O4. The number of nitrogens with zero attached hydrogens (tertiary/aromatic N) is 3. The molecule has 0 saturated carbocycles. The molecule has 0 unspecified atom stereocenters. The van der Waals surface area contributed by atoms with Crippen molar-refractivity contribution in [2.75, 3.05) is 19.7 Å². The number of para-hydroxylation sites is 1. The Bertz CT molecular complexity index is 947. The molecule has 0 aliphatic rings. The zero-order valence-corrected chi connectivity index (χ0v) is 17.8. The Balaban J connectivity index is 1.98. The zero-order valence-electron chi connectivity index (χ0n) is 16.2. The van der Waals surface area contributed by atoms with E-state index in [-0.39, 0.29) is 38.1 Å². The van der Waals surface area contributed by atoms with Gasteiger partial charge in [-0.15, -0.1) is 0 Å². The predicted molar refractivity (Wildman–Crippen MR) is 112 cm³/mol. The van der Waals surface area contributed by atoms with E-state index in [1.165, 1.54) is 4.90 Å². The van der Waals surface area contributed by atoms with Crippen LogP contribution >= 0.6 is 15.9 Å². The third kappa shape index (κ3) is 7.23. The topological polar surface area (TPSA) is 103 Å². The first kappa shape index (κ1) is 22.9. The van der Waals surface area contributed by atoms with E-state index in [9.17, 15) is 9.59 Å². The molecule has 0 N–H and O–H groups in total. The molecule has 2 aromatic carbocycles. The van der Waals surface area contributed by atoms with Crippen molar-refractivity contribution in [2.24, 2.45) is 0 Å². The molecule has 0 aliphatic carbocycles. The van der Waals surface area contributed by atoms with E-state index in [0.29, 0.717) is 5.75 Å². The van der Waals surface area contributed by atoms with Gasteiger partial charge in [0, 0.05) is 17.6 Å². The minimum absolute atomic E-state index is 0.136. The molecule has 1 amide bonds. The second-order valence-corrected chi connectivity index (χ2v) is 7.10. The lowest BCUT2D eigenvalue weighted by atomic mass is 10.2. The van der Waals surface area contributed by atoms with Gasteiger partial charge in [-0.25, -0.2) is 4.79 Å². The number of halogens is 1. The van der Waals surface area contributed by atoms with Crippen molar-refractivity contribution in [1.82, 2.24) is 4.90 Å². The monoisotopic (exact) mass is 469 g/mol. The van der Waals surface area contributed by atoms with Gasteiger partial charge in [0.1, 0.15) is 17.9 Å². The summed E-state index contributed by atoms with van der Waals surface area (Å²) in [5.41, 5.74) is 1.13. The molecule has 2 aromatic rings. The summed E-state index contributed by atoms with van der Waals surface area (Å²) in [6, 6.07) is 18.2. The van der Waals surface area contributed by atoms with E-state index in [0.717, 1.165) is 10.0 Å². The number of nitriles is 2. The normalized spacial score (nSPS) is 9.83. The highest BCUT2D eigenvalue weighted by molar-refractivity contribution is 9.10. The van der Waals surface area contributed by atoms with Crippen LogP contribution in [0.3, 0.4) is 0 Å². The second-order valence-electron chi connectivity index (χ2n) is 6.19. The van der Waals surface area contributed by atoms with Gasteiger partial charge in [-0.1, -0.05) is 40.2 Å². The summed E-state index contributed by atoms with van der Waals surface area (Å²) in [5, 5.41) is 17.4. The van der Waals surface area contributed by atoms with Crippen LogP contribution in [0, 0.1) is 22.7 Å². The number of benzene rings is 2. The van der Waals surface area contributed by atoms with Crippen LogP contribution < -0.4 is 4.74 Å². The van der Waals surface area contributed by atoms with Crippen LogP contribution in [0.4, 0.5) is 0 Å². The highest BCUT2D eigenvalue weighted by Gasteiger charge is 2.18. The Morgan fingerprint density at radius 3 is 2.37 bits per heavy atom. The molecule has 0 radical (unpaired) electrons. The number of amides is 1. The fourth-order valence-electron chi connectivity index (χ4n) is 2.58. The summed E-state index contributed by atoms with van der Waals surface area (Å²) in [6.45, 7) is 0.149. The van der Waals surface area contributed by atoms with Crippen molar-refractivity contribution in [3.05, 3.63) is 64.1 Å². The molecule has 30 heavy (non-hydrogen) atoms. The Hall–Kier alpha value is -3.36. The molecule has 0 aromatic heterocycles. The average Bonchev–Trinajstić information content (AvgIpc) is 2.76. The van der Waals surface area contributed by atoms with E-state index in [4.69, 9.17) is 20.0 Å². The molecule has 154 valence electrons. The van der Waals surface area contributed by atoms with Crippen LogP contribution in [-0.2, 0) is 16.1 Å². The van der Waals surface area contributed by atoms with E-state index in [1.807, 2.05) is 36.4 Å². The number of carbonyl (C=O) groups excluding carboxylic acids is 2. The molecule has 0 bridgehead atoms. The van der Waals surface area contributed by atoms with Crippen LogP contribution in [0.15, 0.2) is 53.0 Å². The summed E-state index contributed by atoms with van der Waals surface area (Å²) in [5.74, 6) is -0.796. The van der Waals surface area contributed by atoms with Crippen molar-refractivity contribution in [3.8, 4) is 17.9 Å². The number of rotatable bonds is 10. The van der Waals surface area contributed by atoms with Crippen LogP contribution in [0.1, 0.15) is 28.8 Å². The standard InChI is InChI=1S/C22H20BrN3O4/c23-18-7-3-6-17(14-18)15-29-20-9-2-1-8-19(20)22(28)30-16-21(27)26(12-4-10-24)13-5-11-25/h1-3,6-9,14H,4-5,12-13,15-16H2. The molecule has 0 saturated heterocycles. The van der Waals surface area contributed by atoms with Crippen molar-refractivity contribution < 1.29 is 19.1 Å². The highest BCUT2D eigenvalue weighted by atomic mass is 79.9. The molecule has 0 atom stereocenters. The van der Waals surface area contributed by atoms with E-state index in [1.54, 1.807) is 24.3 Å². The number of carbonyl (C=O) groups is 2. The summed E-state index contributed by atoms with van der Waals surface area (Å²) in [7, 11) is 0. The van der Waals surface area contributed by atoms with Gasteiger partial charge in [0.05, 0.1) is 25.0 Å². The number of ether oxygens (including phenoxy) is 2. The first-order chi connectivity index (χ1) is 14.5. The zero-order chi connectivity index (χ0) is 21.8. The van der Waals surface area contributed by atoms with Crippen molar-refractivity contribution >= 4 is 27.8 Å². The van der Waals surface area contributed by atoms with Crippen LogP contribution in [0.2, 0.25) is 0 Å². The fraction of sp³-hybridized carbons (Fsp3) is 0.273. The molecule has 2 rings (SSSR count). The van der Waals surface area contributed by atoms with Gasteiger partial charge in [0.2, 0.25) is 0 Å². The Morgan fingerprint density at radius 2 is 1.70 bits per heavy atom. The minimum Gasteiger partial charge on any atom is -0.488 e. The number of hydrogen-bond acceptors (Lipinski definition) is 6. The molecule has 0 fully saturated rings. The lowest BCUT2D eigenvalue weighted by molar-refractivity contribution is -0.134. The van der Waals surface area contributed by atoms with E-state index in [2.05, 4.69) is 15.9 Å². The van der Waals surface area contributed by atoms with Gasteiger partial charge in [-0.05, 0) is 29.8 Å². The maximum atomic E-state index is 12.5. The average molecular weight is 470 g/mol. The minimum atomic E-state index is -0.686. The molecule has 0 spiro atoms.